The lowest BCUT2D eigenvalue weighted by Gasteiger charge is -2.33. The standard InChI is InChI=1S/C10H19NO/c1-9(2)7-11-6-4-3-5-10(11)8-12/h8-10H,3-7H2,1-2H3/t10-/m0/s1. The zero-order chi connectivity index (χ0) is 8.97. The molecule has 0 radical (unpaired) electrons. The number of nitrogens with zero attached hydrogens (tertiary/aromatic N) is 1. The van der Waals surface area contributed by atoms with E-state index in [1.807, 2.05) is 0 Å². The Morgan fingerprint density at radius 3 is 2.83 bits per heavy atom. The topological polar surface area (TPSA) is 20.3 Å². The lowest BCUT2D eigenvalue weighted by Crippen LogP contribution is -2.42. The minimum absolute atomic E-state index is 0.209. The number of rotatable bonds is 3. The average Bonchev–Trinajstić information content (AvgIpc) is 2.04. The molecule has 12 heavy (non-hydrogen) atoms. The first-order chi connectivity index (χ1) is 5.74. The Balaban J connectivity index is 2.41. The van der Waals surface area contributed by atoms with Crippen LogP contribution in [0.4, 0.5) is 0 Å². The van der Waals surface area contributed by atoms with Gasteiger partial charge >= 0.3 is 0 Å². The fourth-order valence-electron chi connectivity index (χ4n) is 1.87. The van der Waals surface area contributed by atoms with Crippen LogP contribution in [0.1, 0.15) is 33.1 Å². The lowest BCUT2D eigenvalue weighted by molar-refractivity contribution is -0.113. The summed E-state index contributed by atoms with van der Waals surface area (Å²) in [7, 11) is 0. The molecule has 1 fully saturated rings. The molecule has 0 aliphatic carbocycles. The van der Waals surface area contributed by atoms with Gasteiger partial charge in [0, 0.05) is 6.54 Å². The van der Waals surface area contributed by atoms with Gasteiger partial charge in [0.05, 0.1) is 6.04 Å². The fourth-order valence-corrected chi connectivity index (χ4v) is 1.87. The number of likely N-dealkylation sites (tertiary alicyclic amines) is 1. The Kier molecular flexibility index (Phi) is 3.73. The highest BCUT2D eigenvalue weighted by Gasteiger charge is 2.21. The fraction of sp³-hybridized carbons (Fsp3) is 0.900. The molecule has 1 aliphatic rings. The maximum Gasteiger partial charge on any atom is 0.137 e. The third-order valence-corrected chi connectivity index (χ3v) is 2.42. The minimum Gasteiger partial charge on any atom is -0.302 e. The Morgan fingerprint density at radius 2 is 2.25 bits per heavy atom. The summed E-state index contributed by atoms with van der Waals surface area (Å²) in [4.78, 5) is 13.0. The maximum atomic E-state index is 10.7. The highest BCUT2D eigenvalue weighted by molar-refractivity contribution is 5.57. The molecule has 0 aromatic rings. The molecule has 0 bridgehead atoms. The van der Waals surface area contributed by atoms with Gasteiger partial charge in [0.15, 0.2) is 0 Å². The van der Waals surface area contributed by atoms with Crippen molar-refractivity contribution in [1.82, 2.24) is 4.90 Å². The summed E-state index contributed by atoms with van der Waals surface area (Å²) in [5.41, 5.74) is 0. The molecule has 0 aromatic carbocycles. The first-order valence-electron chi connectivity index (χ1n) is 4.93. The molecule has 0 unspecified atom stereocenters. The van der Waals surface area contributed by atoms with Crippen molar-refractivity contribution >= 4 is 6.29 Å². The Morgan fingerprint density at radius 1 is 1.50 bits per heavy atom. The van der Waals surface area contributed by atoms with Crippen LogP contribution in [-0.2, 0) is 4.79 Å². The van der Waals surface area contributed by atoms with Crippen molar-refractivity contribution in [2.75, 3.05) is 13.1 Å². The normalized spacial score (nSPS) is 26.1. The zero-order valence-electron chi connectivity index (χ0n) is 8.12. The Bertz CT molecular complexity index is 145. The van der Waals surface area contributed by atoms with Crippen LogP contribution in [0.25, 0.3) is 0 Å². The highest BCUT2D eigenvalue weighted by Crippen LogP contribution is 2.16. The van der Waals surface area contributed by atoms with Crippen molar-refractivity contribution in [1.29, 1.82) is 0 Å². The van der Waals surface area contributed by atoms with E-state index in [0.29, 0.717) is 5.92 Å². The Labute approximate surface area is 74.9 Å². The second-order valence-electron chi connectivity index (χ2n) is 4.09. The van der Waals surface area contributed by atoms with Crippen LogP contribution in [0.2, 0.25) is 0 Å². The van der Waals surface area contributed by atoms with E-state index in [4.69, 9.17) is 0 Å². The predicted molar refractivity (Wildman–Crippen MR) is 50.1 cm³/mol. The molecule has 70 valence electrons. The monoisotopic (exact) mass is 169 g/mol. The van der Waals surface area contributed by atoms with E-state index in [0.717, 1.165) is 25.8 Å². The summed E-state index contributed by atoms with van der Waals surface area (Å²) in [5.74, 6) is 0.672. The predicted octanol–water partition coefficient (Wildman–Crippen LogP) is 1.70. The summed E-state index contributed by atoms with van der Waals surface area (Å²) >= 11 is 0. The minimum atomic E-state index is 0.209. The summed E-state index contributed by atoms with van der Waals surface area (Å²) < 4.78 is 0. The van der Waals surface area contributed by atoms with E-state index in [-0.39, 0.29) is 6.04 Å². The van der Waals surface area contributed by atoms with Gasteiger partial charge in [-0.3, -0.25) is 4.90 Å². The molecular weight excluding hydrogens is 150 g/mol. The van der Waals surface area contributed by atoms with Crippen LogP contribution in [0.5, 0.6) is 0 Å². The first kappa shape index (κ1) is 9.72. The largest absolute Gasteiger partial charge is 0.302 e. The van der Waals surface area contributed by atoms with Crippen molar-refractivity contribution in [3.8, 4) is 0 Å². The van der Waals surface area contributed by atoms with Gasteiger partial charge < -0.3 is 4.79 Å². The van der Waals surface area contributed by atoms with Crippen LogP contribution >= 0.6 is 0 Å². The number of hydrogen-bond donors (Lipinski definition) is 0. The van der Waals surface area contributed by atoms with Crippen LogP contribution in [0.15, 0.2) is 0 Å². The number of aldehydes is 1. The van der Waals surface area contributed by atoms with Gasteiger partial charge in [-0.05, 0) is 25.3 Å². The van der Waals surface area contributed by atoms with E-state index in [2.05, 4.69) is 18.7 Å². The van der Waals surface area contributed by atoms with Crippen molar-refractivity contribution < 1.29 is 4.79 Å². The molecule has 0 aromatic heterocycles. The van der Waals surface area contributed by atoms with Gasteiger partial charge in [-0.15, -0.1) is 0 Å². The molecule has 0 saturated carbocycles. The first-order valence-corrected chi connectivity index (χ1v) is 4.93. The molecule has 1 rings (SSSR count). The van der Waals surface area contributed by atoms with E-state index in [1.165, 1.54) is 12.8 Å². The second kappa shape index (κ2) is 4.61. The van der Waals surface area contributed by atoms with Crippen molar-refractivity contribution in [2.24, 2.45) is 5.92 Å². The van der Waals surface area contributed by atoms with Crippen molar-refractivity contribution in [2.45, 2.75) is 39.2 Å². The van der Waals surface area contributed by atoms with Gasteiger partial charge in [0.25, 0.3) is 0 Å². The number of carbonyl (C=O) groups is 1. The van der Waals surface area contributed by atoms with E-state index >= 15 is 0 Å². The molecule has 1 aliphatic heterocycles. The van der Waals surface area contributed by atoms with Gasteiger partial charge in [-0.25, -0.2) is 0 Å². The second-order valence-corrected chi connectivity index (χ2v) is 4.09. The quantitative estimate of drug-likeness (QED) is 0.599. The van der Waals surface area contributed by atoms with Gasteiger partial charge in [0.1, 0.15) is 6.29 Å². The average molecular weight is 169 g/mol. The van der Waals surface area contributed by atoms with Crippen LogP contribution in [0, 0.1) is 5.92 Å². The molecular formula is C10H19NO. The molecule has 1 heterocycles. The van der Waals surface area contributed by atoms with Crippen LogP contribution < -0.4 is 0 Å². The molecule has 1 saturated heterocycles. The van der Waals surface area contributed by atoms with E-state index in [1.54, 1.807) is 0 Å². The van der Waals surface area contributed by atoms with Crippen molar-refractivity contribution in [3.05, 3.63) is 0 Å². The van der Waals surface area contributed by atoms with Crippen LogP contribution in [-0.4, -0.2) is 30.3 Å². The summed E-state index contributed by atoms with van der Waals surface area (Å²) in [5, 5.41) is 0. The number of piperidine rings is 1. The van der Waals surface area contributed by atoms with E-state index in [9.17, 15) is 4.79 Å². The SMILES string of the molecule is CC(C)CN1CCCC[C@H]1C=O. The highest BCUT2D eigenvalue weighted by atomic mass is 16.1. The summed E-state index contributed by atoms with van der Waals surface area (Å²) in [6.07, 6.45) is 4.66. The molecule has 0 spiro atoms. The summed E-state index contributed by atoms with van der Waals surface area (Å²) in [6.45, 7) is 6.60. The van der Waals surface area contributed by atoms with E-state index < -0.39 is 0 Å². The molecule has 0 amide bonds. The number of hydrogen-bond acceptors (Lipinski definition) is 2. The maximum absolute atomic E-state index is 10.7. The van der Waals surface area contributed by atoms with Crippen molar-refractivity contribution in [3.63, 3.8) is 0 Å². The molecule has 0 N–H and O–H groups in total. The third-order valence-electron chi connectivity index (χ3n) is 2.42. The Hall–Kier alpha value is -0.370. The molecule has 2 heteroatoms. The zero-order valence-corrected chi connectivity index (χ0v) is 8.12. The lowest BCUT2D eigenvalue weighted by atomic mass is 10.0. The van der Waals surface area contributed by atoms with Gasteiger partial charge in [-0.1, -0.05) is 20.3 Å². The molecule has 2 nitrogen and oxygen atoms in total. The van der Waals surface area contributed by atoms with Gasteiger partial charge in [0.2, 0.25) is 0 Å². The smallest absolute Gasteiger partial charge is 0.137 e. The van der Waals surface area contributed by atoms with Gasteiger partial charge in [-0.2, -0.15) is 0 Å². The van der Waals surface area contributed by atoms with Crippen LogP contribution in [0.3, 0.4) is 0 Å². The number of carbonyl (C=O) groups excluding carboxylic acids is 1. The third kappa shape index (κ3) is 2.59. The summed E-state index contributed by atoms with van der Waals surface area (Å²) in [6, 6.07) is 0.209. The molecule has 1 atom stereocenters.